The second-order valence-electron chi connectivity index (χ2n) is 3.19. The number of urea groups is 1. The van der Waals surface area contributed by atoms with Crippen molar-refractivity contribution in [3.05, 3.63) is 12.7 Å². The number of carbonyl (C=O) groups is 1. The van der Waals surface area contributed by atoms with E-state index in [1.165, 1.54) is 27.6 Å². The average Bonchev–Trinajstić information content (AvgIpc) is 2.37. The van der Waals surface area contributed by atoms with Crippen LogP contribution in [0.4, 0.5) is 4.79 Å². The summed E-state index contributed by atoms with van der Waals surface area (Å²) in [5, 5.41) is 2.64. The molecule has 2 amide bonds. The zero-order valence-electron chi connectivity index (χ0n) is 11.1. The third kappa shape index (κ3) is 7.50. The number of nitrogens with zero attached hydrogens (tertiary/aromatic N) is 2. The first-order valence-corrected chi connectivity index (χ1v) is 8.03. The highest BCUT2D eigenvalue weighted by Crippen LogP contribution is 2.15. The molecule has 0 bridgehead atoms. The number of unbranched alkanes of at least 4 members (excludes halogenated alkanes) is 1. The van der Waals surface area contributed by atoms with E-state index in [1.54, 1.807) is 6.08 Å². The van der Waals surface area contributed by atoms with Gasteiger partial charge in [0.25, 0.3) is 6.02 Å². The topological polar surface area (TPSA) is 53.9 Å². The molecule has 0 aromatic carbocycles. The van der Waals surface area contributed by atoms with Gasteiger partial charge in [0.1, 0.15) is 6.61 Å². The molecule has 0 unspecified atom stereocenters. The Morgan fingerprint density at radius 1 is 1.50 bits per heavy atom. The summed E-state index contributed by atoms with van der Waals surface area (Å²) < 4.78 is 6.81. The van der Waals surface area contributed by atoms with E-state index in [9.17, 15) is 4.79 Å². The SMILES string of the molecule is C=CCOC(=NCCCC)NC(=O)N(SC)SC. The van der Waals surface area contributed by atoms with Gasteiger partial charge < -0.3 is 4.74 Å². The lowest BCUT2D eigenvalue weighted by Crippen LogP contribution is -2.37. The standard InChI is InChI=1S/C11H21N3O2S2/c1-5-7-8-12-10(16-9-6-2)13-11(15)14(17-3)18-4/h6H,2,5,7-9H2,1,3-4H3,(H,12,13,15). The van der Waals surface area contributed by atoms with Crippen LogP contribution in [0.3, 0.4) is 0 Å². The number of carbonyl (C=O) groups excluding carboxylic acids is 1. The molecule has 0 radical (unpaired) electrons. The lowest BCUT2D eigenvalue weighted by atomic mass is 10.3. The second kappa shape index (κ2) is 11.3. The lowest BCUT2D eigenvalue weighted by Gasteiger charge is -2.17. The van der Waals surface area contributed by atoms with Gasteiger partial charge in [-0.3, -0.25) is 5.32 Å². The first-order valence-electron chi connectivity index (χ1n) is 5.67. The highest BCUT2D eigenvalue weighted by atomic mass is 32.2. The van der Waals surface area contributed by atoms with Crippen LogP contribution in [0.15, 0.2) is 17.6 Å². The summed E-state index contributed by atoms with van der Waals surface area (Å²) in [4.78, 5) is 16.0. The minimum atomic E-state index is -0.255. The Bertz CT molecular complexity index is 281. The first-order chi connectivity index (χ1) is 8.69. The number of hydrogen-bond acceptors (Lipinski definition) is 5. The molecule has 0 fully saturated rings. The zero-order valence-corrected chi connectivity index (χ0v) is 12.8. The quantitative estimate of drug-likeness (QED) is 0.258. The van der Waals surface area contributed by atoms with E-state index in [4.69, 9.17) is 4.74 Å². The molecule has 0 atom stereocenters. The molecule has 5 nitrogen and oxygen atoms in total. The third-order valence-corrected chi connectivity index (χ3v) is 3.71. The van der Waals surface area contributed by atoms with Gasteiger partial charge >= 0.3 is 6.03 Å². The smallest absolute Gasteiger partial charge is 0.345 e. The number of rotatable bonds is 7. The Morgan fingerprint density at radius 2 is 2.17 bits per heavy atom. The van der Waals surface area contributed by atoms with E-state index < -0.39 is 0 Å². The molecule has 0 rings (SSSR count). The van der Waals surface area contributed by atoms with Crippen LogP contribution >= 0.6 is 23.9 Å². The summed E-state index contributed by atoms with van der Waals surface area (Å²) in [6.07, 6.45) is 7.28. The van der Waals surface area contributed by atoms with Crippen LogP contribution in [0.2, 0.25) is 0 Å². The number of aliphatic imine (C=N–C) groups is 1. The zero-order chi connectivity index (χ0) is 13.8. The fraction of sp³-hybridized carbons (Fsp3) is 0.636. The van der Waals surface area contributed by atoms with Gasteiger partial charge in [0.15, 0.2) is 0 Å². The van der Waals surface area contributed by atoms with E-state index in [1.807, 2.05) is 12.5 Å². The molecule has 0 aromatic heterocycles. The van der Waals surface area contributed by atoms with Crippen molar-refractivity contribution in [2.24, 2.45) is 4.99 Å². The first kappa shape index (κ1) is 17.2. The van der Waals surface area contributed by atoms with Crippen molar-refractivity contribution in [3.8, 4) is 0 Å². The van der Waals surface area contributed by atoms with Crippen LogP contribution in [0, 0.1) is 0 Å². The predicted molar refractivity (Wildman–Crippen MR) is 80.8 cm³/mol. The van der Waals surface area contributed by atoms with Crippen LogP contribution in [-0.2, 0) is 4.74 Å². The van der Waals surface area contributed by atoms with Crippen LogP contribution in [0.1, 0.15) is 19.8 Å². The van der Waals surface area contributed by atoms with E-state index in [2.05, 4.69) is 23.8 Å². The molecule has 0 aliphatic rings. The van der Waals surface area contributed by atoms with Crippen molar-refractivity contribution >= 4 is 35.9 Å². The van der Waals surface area contributed by atoms with Crippen molar-refractivity contribution in [2.75, 3.05) is 25.7 Å². The Hall–Kier alpha value is -0.820. The molecule has 18 heavy (non-hydrogen) atoms. The molecular formula is C11H21N3O2S2. The summed E-state index contributed by atoms with van der Waals surface area (Å²) in [6.45, 7) is 6.61. The van der Waals surface area contributed by atoms with E-state index >= 15 is 0 Å². The lowest BCUT2D eigenvalue weighted by molar-refractivity contribution is 0.238. The van der Waals surface area contributed by atoms with Gasteiger partial charge in [-0.1, -0.05) is 26.0 Å². The highest BCUT2D eigenvalue weighted by molar-refractivity contribution is 8.12. The van der Waals surface area contributed by atoms with Crippen LogP contribution in [-0.4, -0.2) is 41.4 Å². The fourth-order valence-corrected chi connectivity index (χ4v) is 1.99. The molecule has 0 spiro atoms. The minimum Gasteiger partial charge on any atom is -0.461 e. The van der Waals surface area contributed by atoms with E-state index in [0.717, 1.165) is 12.8 Å². The Morgan fingerprint density at radius 3 is 2.67 bits per heavy atom. The fourth-order valence-electron chi connectivity index (χ4n) is 0.975. The molecule has 0 saturated carbocycles. The highest BCUT2D eigenvalue weighted by Gasteiger charge is 2.14. The van der Waals surface area contributed by atoms with Gasteiger partial charge in [0, 0.05) is 19.1 Å². The normalized spacial score (nSPS) is 10.9. The molecule has 0 saturated heterocycles. The van der Waals surface area contributed by atoms with E-state index in [-0.39, 0.29) is 12.1 Å². The summed E-state index contributed by atoms with van der Waals surface area (Å²) in [5.41, 5.74) is 0. The molecule has 7 heteroatoms. The van der Waals surface area contributed by atoms with Gasteiger partial charge in [-0.05, 0) is 30.3 Å². The second-order valence-corrected chi connectivity index (χ2v) is 4.88. The summed E-state index contributed by atoms with van der Waals surface area (Å²) in [5.74, 6) is 0. The molecule has 0 aliphatic carbocycles. The monoisotopic (exact) mass is 291 g/mol. The summed E-state index contributed by atoms with van der Waals surface area (Å²) in [6, 6.07) is -0.00393. The minimum absolute atomic E-state index is 0.251. The van der Waals surface area contributed by atoms with Crippen molar-refractivity contribution in [1.29, 1.82) is 0 Å². The van der Waals surface area contributed by atoms with Crippen molar-refractivity contribution in [2.45, 2.75) is 19.8 Å². The number of ether oxygens (including phenoxy) is 1. The number of amidine groups is 1. The maximum absolute atomic E-state index is 11.8. The van der Waals surface area contributed by atoms with Crippen LogP contribution < -0.4 is 5.32 Å². The molecule has 1 N–H and O–H groups in total. The van der Waals surface area contributed by atoms with Gasteiger partial charge in [0.05, 0.1) is 0 Å². The number of nitrogens with one attached hydrogen (secondary N) is 1. The van der Waals surface area contributed by atoms with Crippen molar-refractivity contribution < 1.29 is 9.53 Å². The van der Waals surface area contributed by atoms with Crippen molar-refractivity contribution in [3.63, 3.8) is 0 Å². The van der Waals surface area contributed by atoms with Gasteiger partial charge in [0.2, 0.25) is 0 Å². The Balaban J connectivity index is 4.41. The molecule has 0 aliphatic heterocycles. The maximum atomic E-state index is 11.8. The predicted octanol–water partition coefficient (Wildman–Crippen LogP) is 2.91. The average molecular weight is 291 g/mol. The summed E-state index contributed by atoms with van der Waals surface area (Å²) >= 11 is 2.65. The van der Waals surface area contributed by atoms with Crippen molar-refractivity contribution in [1.82, 2.24) is 9.03 Å². The van der Waals surface area contributed by atoms with E-state index in [0.29, 0.717) is 13.2 Å². The van der Waals surface area contributed by atoms with Gasteiger partial charge in [-0.2, -0.15) is 0 Å². The molecular weight excluding hydrogens is 270 g/mol. The number of amides is 2. The molecule has 104 valence electrons. The van der Waals surface area contributed by atoms with Gasteiger partial charge in [-0.25, -0.2) is 13.5 Å². The summed E-state index contributed by atoms with van der Waals surface area (Å²) in [7, 11) is 0. The Kier molecular flexibility index (Phi) is 10.8. The number of hydrogen-bond donors (Lipinski definition) is 1. The van der Waals surface area contributed by atoms with Crippen LogP contribution in [0.5, 0.6) is 0 Å². The maximum Gasteiger partial charge on any atom is 0.345 e. The third-order valence-electron chi connectivity index (χ3n) is 1.82. The van der Waals surface area contributed by atoms with Crippen LogP contribution in [0.25, 0.3) is 0 Å². The molecule has 0 aromatic rings. The van der Waals surface area contributed by atoms with Gasteiger partial charge in [-0.15, -0.1) is 0 Å². The Labute approximate surface area is 118 Å². The largest absolute Gasteiger partial charge is 0.461 e. The molecule has 0 heterocycles.